The molecule has 0 fully saturated rings. The van der Waals surface area contributed by atoms with Crippen LogP contribution in [0.4, 0.5) is 28.4 Å². The predicted octanol–water partition coefficient (Wildman–Crippen LogP) is 6.73. The van der Waals surface area contributed by atoms with Gasteiger partial charge in [-0.25, -0.2) is 16.8 Å². The van der Waals surface area contributed by atoms with Gasteiger partial charge in [-0.05, 0) is 42.5 Å². The maximum atomic E-state index is 12.4. The minimum Gasteiger partial charge on any atom is -0.506 e. The number of rotatable bonds is 11. The molecular formula is C29H31N5O8S2. The number of methoxy groups -OCH3 is 2. The zero-order chi connectivity index (χ0) is 32.2. The fraction of sp³-hybridized carbons (Fsp3) is 0.241. The number of anilines is 1. The van der Waals surface area contributed by atoms with Crippen LogP contribution in [0.3, 0.4) is 0 Å². The molecular weight excluding hydrogens is 610 g/mol. The molecule has 15 heteroatoms. The first kappa shape index (κ1) is 32.2. The lowest BCUT2D eigenvalue weighted by atomic mass is 10.1. The molecule has 0 saturated carbocycles. The molecule has 0 saturated heterocycles. The Morgan fingerprint density at radius 3 is 1.98 bits per heavy atom. The van der Waals surface area contributed by atoms with Crippen molar-refractivity contribution < 1.29 is 36.5 Å². The second kappa shape index (κ2) is 12.9. The molecule has 0 aliphatic carbocycles. The highest BCUT2D eigenvalue weighted by Crippen LogP contribution is 2.44. The molecule has 4 aromatic carbocycles. The number of hydrogen-bond acceptors (Lipinski definition) is 13. The number of azo groups is 2. The lowest BCUT2D eigenvalue weighted by Crippen LogP contribution is -2.05. The molecule has 4 aromatic rings. The van der Waals surface area contributed by atoms with Crippen molar-refractivity contribution in [3.63, 3.8) is 0 Å². The number of hydrogen-bond donors (Lipinski definition) is 3. The van der Waals surface area contributed by atoms with Gasteiger partial charge in [-0.15, -0.1) is 20.5 Å². The van der Waals surface area contributed by atoms with Crippen LogP contribution >= 0.6 is 0 Å². The van der Waals surface area contributed by atoms with E-state index in [0.29, 0.717) is 27.9 Å². The number of nitrogens with one attached hydrogen (secondary N) is 1. The Kier molecular flexibility index (Phi) is 9.39. The van der Waals surface area contributed by atoms with Crippen molar-refractivity contribution >= 4 is 58.9 Å². The summed E-state index contributed by atoms with van der Waals surface area (Å²) in [5, 5.41) is 42.2. The fourth-order valence-electron chi connectivity index (χ4n) is 4.25. The number of fused-ring (bicyclic) bond motifs is 1. The van der Waals surface area contributed by atoms with Gasteiger partial charge in [-0.2, -0.15) is 0 Å². The third-order valence-electron chi connectivity index (χ3n) is 6.78. The number of benzene rings is 4. The van der Waals surface area contributed by atoms with Crippen molar-refractivity contribution in [2.75, 3.05) is 38.1 Å². The summed E-state index contributed by atoms with van der Waals surface area (Å²) in [6, 6.07) is 13.1. The lowest BCUT2D eigenvalue weighted by molar-refractivity contribution is 0.399. The number of nitrogens with zero attached hydrogens (tertiary/aromatic N) is 4. The first-order valence-corrected chi connectivity index (χ1v) is 16.6. The molecule has 13 nitrogen and oxygen atoms in total. The molecule has 0 heterocycles. The average molecular weight is 642 g/mol. The van der Waals surface area contributed by atoms with Crippen LogP contribution in [0.1, 0.15) is 13.8 Å². The Labute approximate surface area is 254 Å². The lowest BCUT2D eigenvalue weighted by Gasteiger charge is -2.11. The molecule has 0 atom stereocenters. The van der Waals surface area contributed by atoms with E-state index in [1.807, 2.05) is 0 Å². The summed E-state index contributed by atoms with van der Waals surface area (Å²) in [5.41, 5.74) is 1.11. The van der Waals surface area contributed by atoms with Crippen molar-refractivity contribution in [3.8, 4) is 23.0 Å². The Balaban J connectivity index is 1.78. The van der Waals surface area contributed by atoms with Gasteiger partial charge in [0.05, 0.1) is 36.3 Å². The van der Waals surface area contributed by atoms with Gasteiger partial charge < -0.3 is 25.0 Å². The number of aromatic hydroxyl groups is 2. The SMILES string of the molecule is CCS(=O)(=O)c1ccc(OC)c(N=Nc2c(NC)ccc3c(O)c(N=Nc4cc(OC)c(S(=O)(=O)CC)cc4O)ccc23)c1. The van der Waals surface area contributed by atoms with Gasteiger partial charge in [0.25, 0.3) is 0 Å². The van der Waals surface area contributed by atoms with E-state index in [2.05, 4.69) is 25.8 Å². The summed E-state index contributed by atoms with van der Waals surface area (Å²) in [6.45, 7) is 3.02. The van der Waals surface area contributed by atoms with E-state index in [1.54, 1.807) is 32.2 Å². The van der Waals surface area contributed by atoms with Crippen LogP contribution in [0.5, 0.6) is 23.0 Å². The van der Waals surface area contributed by atoms with Crippen LogP contribution in [0.2, 0.25) is 0 Å². The second-order valence-electron chi connectivity index (χ2n) is 9.27. The first-order chi connectivity index (χ1) is 20.9. The van der Waals surface area contributed by atoms with E-state index < -0.39 is 25.4 Å². The van der Waals surface area contributed by atoms with Gasteiger partial charge >= 0.3 is 0 Å². The van der Waals surface area contributed by atoms with E-state index in [1.165, 1.54) is 51.5 Å². The van der Waals surface area contributed by atoms with Crippen molar-refractivity contribution in [1.82, 2.24) is 0 Å². The second-order valence-corrected chi connectivity index (χ2v) is 13.8. The van der Waals surface area contributed by atoms with Crippen LogP contribution in [0, 0.1) is 0 Å². The Morgan fingerprint density at radius 2 is 1.34 bits per heavy atom. The smallest absolute Gasteiger partial charge is 0.181 e. The standard InChI is InChI=1S/C29H31N5O8S2/c1-6-43(37,38)17-8-13-25(41-4)23(14-17)33-34-28-18-9-12-21(29(36)19(18)10-11-20(28)30-3)31-32-22-15-26(42-5)27(16-24(22)35)44(39,40)7-2/h8-16,30,35-36H,6-7H2,1-5H3. The monoisotopic (exact) mass is 641 g/mol. The van der Waals surface area contributed by atoms with Crippen molar-refractivity contribution in [2.45, 2.75) is 23.6 Å². The molecule has 0 aliphatic rings. The molecule has 0 unspecified atom stereocenters. The third kappa shape index (κ3) is 6.28. The van der Waals surface area contributed by atoms with Crippen LogP contribution in [-0.2, 0) is 19.7 Å². The highest BCUT2D eigenvalue weighted by atomic mass is 32.2. The largest absolute Gasteiger partial charge is 0.506 e. The normalized spacial score (nSPS) is 12.3. The van der Waals surface area contributed by atoms with Crippen LogP contribution in [-0.4, -0.2) is 59.8 Å². The van der Waals surface area contributed by atoms with Crippen molar-refractivity contribution in [3.05, 3.63) is 54.6 Å². The molecule has 4 rings (SSSR count). The molecule has 0 amide bonds. The summed E-state index contributed by atoms with van der Waals surface area (Å²) in [5.74, 6) is -0.635. The number of phenolic OH excluding ortho intramolecular Hbond substituents is 2. The van der Waals surface area contributed by atoms with E-state index >= 15 is 0 Å². The fourth-order valence-corrected chi connectivity index (χ4v) is 6.20. The summed E-state index contributed by atoms with van der Waals surface area (Å²) >= 11 is 0. The minimum absolute atomic E-state index is 0.00890. The minimum atomic E-state index is -3.68. The zero-order valence-electron chi connectivity index (χ0n) is 24.6. The predicted molar refractivity (Wildman–Crippen MR) is 167 cm³/mol. The maximum absolute atomic E-state index is 12.4. The van der Waals surface area contributed by atoms with Crippen molar-refractivity contribution in [1.29, 1.82) is 0 Å². The van der Waals surface area contributed by atoms with E-state index in [9.17, 15) is 27.0 Å². The van der Waals surface area contributed by atoms with Gasteiger partial charge in [0.1, 0.15) is 44.9 Å². The van der Waals surface area contributed by atoms with Gasteiger partial charge in [0, 0.05) is 30.0 Å². The van der Waals surface area contributed by atoms with E-state index in [4.69, 9.17) is 9.47 Å². The summed E-state index contributed by atoms with van der Waals surface area (Å²) in [6.07, 6.45) is 0. The Morgan fingerprint density at radius 1 is 0.705 bits per heavy atom. The number of ether oxygens (including phenoxy) is 2. The topological polar surface area (TPSA) is 189 Å². The maximum Gasteiger partial charge on any atom is 0.181 e. The van der Waals surface area contributed by atoms with Gasteiger partial charge in [-0.1, -0.05) is 13.8 Å². The van der Waals surface area contributed by atoms with E-state index in [0.717, 1.165) is 6.07 Å². The van der Waals surface area contributed by atoms with Crippen molar-refractivity contribution in [2.24, 2.45) is 20.5 Å². The molecule has 0 spiro atoms. The van der Waals surface area contributed by atoms with Crippen LogP contribution in [0.15, 0.2) is 84.8 Å². The third-order valence-corrected chi connectivity index (χ3v) is 10.3. The molecule has 0 aromatic heterocycles. The molecule has 0 aliphatic heterocycles. The molecule has 0 radical (unpaired) electrons. The summed E-state index contributed by atoms with van der Waals surface area (Å²) in [4.78, 5) is -0.0923. The first-order valence-electron chi connectivity index (χ1n) is 13.2. The quantitative estimate of drug-likeness (QED) is 0.149. The Hall–Kier alpha value is -4.76. The highest BCUT2D eigenvalue weighted by molar-refractivity contribution is 7.91. The zero-order valence-corrected chi connectivity index (χ0v) is 26.2. The van der Waals surface area contributed by atoms with Crippen LogP contribution in [0.25, 0.3) is 10.8 Å². The summed E-state index contributed by atoms with van der Waals surface area (Å²) < 4.78 is 60.1. The van der Waals surface area contributed by atoms with Gasteiger partial charge in [0.15, 0.2) is 25.4 Å². The number of sulfone groups is 2. The highest BCUT2D eigenvalue weighted by Gasteiger charge is 2.21. The molecule has 3 N–H and O–H groups in total. The Bertz CT molecular complexity index is 2010. The number of phenols is 2. The van der Waals surface area contributed by atoms with Crippen LogP contribution < -0.4 is 14.8 Å². The van der Waals surface area contributed by atoms with Gasteiger partial charge in [0.2, 0.25) is 0 Å². The molecule has 0 bridgehead atoms. The van der Waals surface area contributed by atoms with Gasteiger partial charge in [-0.3, -0.25) is 0 Å². The average Bonchev–Trinajstić information content (AvgIpc) is 3.03. The van der Waals surface area contributed by atoms with E-state index in [-0.39, 0.29) is 49.9 Å². The molecule has 232 valence electrons. The summed E-state index contributed by atoms with van der Waals surface area (Å²) in [7, 11) is -2.76. The molecule has 44 heavy (non-hydrogen) atoms.